The standard InChI is InChI=1S/C24H26N8/c1-30-9-3-10-32(13-12-30)24-27-15-19(16-28-24)18-4-5-20-21(6-11-31(2)22(20)14-18)29-23-17-25-7-8-26-23/h4-8,11,14-17H,3,9-10,12-13H2,1-2H3. The van der Waals surface area contributed by atoms with E-state index in [0.29, 0.717) is 5.82 Å². The van der Waals surface area contributed by atoms with Crippen LogP contribution in [0.25, 0.3) is 22.0 Å². The van der Waals surface area contributed by atoms with Crippen LogP contribution < -0.4 is 10.3 Å². The molecule has 1 aliphatic heterocycles. The fourth-order valence-corrected chi connectivity index (χ4v) is 4.02. The molecule has 0 atom stereocenters. The van der Waals surface area contributed by atoms with Gasteiger partial charge in [-0.15, -0.1) is 0 Å². The first kappa shape index (κ1) is 20.3. The average molecular weight is 427 g/mol. The van der Waals surface area contributed by atoms with Crippen LogP contribution in [0.5, 0.6) is 0 Å². The molecule has 4 aromatic rings. The zero-order chi connectivity index (χ0) is 21.9. The Kier molecular flexibility index (Phi) is 5.60. The summed E-state index contributed by atoms with van der Waals surface area (Å²) in [6.07, 6.45) is 11.9. The summed E-state index contributed by atoms with van der Waals surface area (Å²) >= 11 is 0. The Morgan fingerprint density at radius 1 is 0.844 bits per heavy atom. The number of hydrogen-bond acceptors (Lipinski definition) is 7. The molecule has 0 unspecified atom stereocenters. The number of nitrogens with zero attached hydrogens (tertiary/aromatic N) is 8. The molecule has 4 heterocycles. The zero-order valence-corrected chi connectivity index (χ0v) is 18.4. The topological polar surface area (TPSA) is 75.3 Å². The third kappa shape index (κ3) is 4.22. The lowest BCUT2D eigenvalue weighted by atomic mass is 10.1. The third-order valence-electron chi connectivity index (χ3n) is 5.87. The molecule has 1 fully saturated rings. The van der Waals surface area contributed by atoms with E-state index in [2.05, 4.69) is 64.5 Å². The second-order valence-electron chi connectivity index (χ2n) is 8.13. The van der Waals surface area contributed by atoms with Crippen LogP contribution in [0.4, 0.5) is 11.8 Å². The van der Waals surface area contributed by atoms with Gasteiger partial charge < -0.3 is 14.4 Å². The molecule has 3 aromatic heterocycles. The van der Waals surface area contributed by atoms with Crippen LogP contribution >= 0.6 is 0 Å². The zero-order valence-electron chi connectivity index (χ0n) is 18.4. The van der Waals surface area contributed by atoms with Gasteiger partial charge in [-0.25, -0.2) is 19.9 Å². The van der Waals surface area contributed by atoms with Crippen molar-refractivity contribution in [1.29, 1.82) is 0 Å². The second-order valence-corrected chi connectivity index (χ2v) is 8.13. The van der Waals surface area contributed by atoms with Gasteiger partial charge in [0.15, 0.2) is 5.82 Å². The molecule has 1 saturated heterocycles. The van der Waals surface area contributed by atoms with E-state index in [1.807, 2.05) is 31.7 Å². The van der Waals surface area contributed by atoms with E-state index in [0.717, 1.165) is 65.9 Å². The first-order valence-electron chi connectivity index (χ1n) is 10.8. The summed E-state index contributed by atoms with van der Waals surface area (Å²) in [5.74, 6) is 1.40. The minimum atomic E-state index is 0.593. The molecule has 32 heavy (non-hydrogen) atoms. The van der Waals surface area contributed by atoms with Gasteiger partial charge in [-0.2, -0.15) is 0 Å². The minimum Gasteiger partial charge on any atom is -0.350 e. The quantitative estimate of drug-likeness (QED) is 0.502. The Hall–Kier alpha value is -3.65. The summed E-state index contributed by atoms with van der Waals surface area (Å²) < 4.78 is 2.09. The van der Waals surface area contributed by atoms with Gasteiger partial charge in [-0.1, -0.05) is 12.1 Å². The first-order valence-corrected chi connectivity index (χ1v) is 10.8. The van der Waals surface area contributed by atoms with Crippen LogP contribution in [0.15, 0.2) is 66.4 Å². The molecule has 162 valence electrons. The molecule has 0 N–H and O–H groups in total. The fraction of sp³-hybridized carbons (Fsp3) is 0.292. The number of benzene rings is 1. The van der Waals surface area contributed by atoms with Crippen molar-refractivity contribution in [2.75, 3.05) is 38.1 Å². The highest BCUT2D eigenvalue weighted by molar-refractivity contribution is 5.84. The molecule has 1 aromatic carbocycles. The minimum absolute atomic E-state index is 0.593. The molecule has 0 bridgehead atoms. The smallest absolute Gasteiger partial charge is 0.225 e. The summed E-state index contributed by atoms with van der Waals surface area (Å²) in [5, 5.41) is 1.92. The number of fused-ring (bicyclic) bond motifs is 1. The summed E-state index contributed by atoms with van der Waals surface area (Å²) in [5.41, 5.74) is 3.15. The highest BCUT2D eigenvalue weighted by atomic mass is 15.3. The molecule has 5 rings (SSSR count). The van der Waals surface area contributed by atoms with Crippen molar-refractivity contribution in [2.24, 2.45) is 12.0 Å². The summed E-state index contributed by atoms with van der Waals surface area (Å²) in [4.78, 5) is 27.0. The molecule has 8 heteroatoms. The van der Waals surface area contributed by atoms with E-state index in [9.17, 15) is 0 Å². The van der Waals surface area contributed by atoms with Crippen molar-refractivity contribution in [2.45, 2.75) is 6.42 Å². The van der Waals surface area contributed by atoms with Crippen molar-refractivity contribution in [3.8, 4) is 11.1 Å². The van der Waals surface area contributed by atoms with E-state index in [-0.39, 0.29) is 0 Å². The number of rotatable bonds is 3. The number of anilines is 1. The Labute approximate surface area is 186 Å². The molecular weight excluding hydrogens is 400 g/mol. The van der Waals surface area contributed by atoms with Gasteiger partial charge in [0.05, 0.1) is 17.1 Å². The Morgan fingerprint density at radius 2 is 1.72 bits per heavy atom. The molecule has 0 radical (unpaired) electrons. The number of pyridine rings is 1. The van der Waals surface area contributed by atoms with Gasteiger partial charge in [0, 0.05) is 68.6 Å². The maximum atomic E-state index is 4.68. The highest BCUT2D eigenvalue weighted by Gasteiger charge is 2.15. The number of aromatic nitrogens is 5. The van der Waals surface area contributed by atoms with Gasteiger partial charge in [-0.3, -0.25) is 4.98 Å². The molecule has 0 spiro atoms. The lowest BCUT2D eigenvalue weighted by Gasteiger charge is -2.20. The van der Waals surface area contributed by atoms with Gasteiger partial charge in [0.1, 0.15) is 0 Å². The maximum absolute atomic E-state index is 4.68. The highest BCUT2D eigenvalue weighted by Crippen LogP contribution is 2.23. The predicted octanol–water partition coefficient (Wildman–Crippen LogP) is 2.80. The summed E-state index contributed by atoms with van der Waals surface area (Å²) in [6, 6.07) is 8.34. The molecule has 0 amide bonds. The van der Waals surface area contributed by atoms with Gasteiger partial charge in [0.2, 0.25) is 5.95 Å². The van der Waals surface area contributed by atoms with E-state index < -0.39 is 0 Å². The van der Waals surface area contributed by atoms with Gasteiger partial charge in [0.25, 0.3) is 0 Å². The fourth-order valence-electron chi connectivity index (χ4n) is 4.02. The molecule has 1 aliphatic rings. The van der Waals surface area contributed by atoms with Crippen molar-refractivity contribution >= 4 is 22.7 Å². The maximum Gasteiger partial charge on any atom is 0.225 e. The van der Waals surface area contributed by atoms with Crippen LogP contribution in [0, 0.1) is 0 Å². The largest absolute Gasteiger partial charge is 0.350 e. The lowest BCUT2D eigenvalue weighted by Crippen LogP contribution is -2.30. The second kappa shape index (κ2) is 8.84. The van der Waals surface area contributed by atoms with Gasteiger partial charge >= 0.3 is 0 Å². The normalized spacial score (nSPS) is 15.8. The van der Waals surface area contributed by atoms with Crippen molar-refractivity contribution < 1.29 is 0 Å². The monoisotopic (exact) mass is 426 g/mol. The Bertz CT molecular complexity index is 1280. The summed E-state index contributed by atoms with van der Waals surface area (Å²) in [7, 11) is 4.20. The lowest BCUT2D eigenvalue weighted by molar-refractivity contribution is 0.360. The molecule has 0 saturated carbocycles. The molecule has 8 nitrogen and oxygen atoms in total. The number of hydrogen-bond donors (Lipinski definition) is 0. The summed E-state index contributed by atoms with van der Waals surface area (Å²) in [6.45, 7) is 4.11. The third-order valence-corrected chi connectivity index (χ3v) is 5.87. The molecular formula is C24H26N8. The van der Waals surface area contributed by atoms with Crippen LogP contribution in [0.1, 0.15) is 6.42 Å². The Morgan fingerprint density at radius 3 is 2.53 bits per heavy atom. The number of likely N-dealkylation sites (N-methyl/N-ethyl adjacent to an activating group) is 1. The van der Waals surface area contributed by atoms with Crippen molar-refractivity contribution in [3.63, 3.8) is 0 Å². The first-order chi connectivity index (χ1) is 15.7. The van der Waals surface area contributed by atoms with E-state index in [1.165, 1.54) is 0 Å². The van der Waals surface area contributed by atoms with Crippen molar-refractivity contribution in [3.05, 3.63) is 66.8 Å². The van der Waals surface area contributed by atoms with Crippen LogP contribution in [-0.2, 0) is 7.05 Å². The van der Waals surface area contributed by atoms with E-state index in [1.54, 1.807) is 18.6 Å². The average Bonchev–Trinajstić information content (AvgIpc) is 3.06. The number of aryl methyl sites for hydroxylation is 1. The molecule has 0 aliphatic carbocycles. The van der Waals surface area contributed by atoms with Crippen LogP contribution in [-0.4, -0.2) is 62.6 Å². The van der Waals surface area contributed by atoms with Crippen LogP contribution in [0.3, 0.4) is 0 Å². The van der Waals surface area contributed by atoms with E-state index >= 15 is 0 Å². The Balaban J connectivity index is 1.47. The van der Waals surface area contributed by atoms with Gasteiger partial charge in [-0.05, 0) is 37.7 Å². The predicted molar refractivity (Wildman–Crippen MR) is 126 cm³/mol. The SMILES string of the molecule is CN1CCCN(c2ncc(-c3ccc4c(=Nc5cnccn5)ccn(C)c4c3)cn2)CC1. The van der Waals surface area contributed by atoms with Crippen molar-refractivity contribution in [1.82, 2.24) is 29.4 Å². The van der Waals surface area contributed by atoms with E-state index in [4.69, 9.17) is 0 Å². The van der Waals surface area contributed by atoms with Crippen LogP contribution in [0.2, 0.25) is 0 Å².